The van der Waals surface area contributed by atoms with Crippen LogP contribution in [-0.2, 0) is 16.8 Å². The van der Waals surface area contributed by atoms with Crippen molar-refractivity contribution in [3.05, 3.63) is 58.2 Å². The van der Waals surface area contributed by atoms with Gasteiger partial charge in [0.25, 0.3) is 0 Å². The first-order valence-corrected chi connectivity index (χ1v) is 12.9. The molecule has 0 saturated carbocycles. The zero-order valence-corrected chi connectivity index (χ0v) is 23.0. The van der Waals surface area contributed by atoms with E-state index in [1.54, 1.807) is 29.3 Å². The molecule has 0 aliphatic rings. The van der Waals surface area contributed by atoms with Gasteiger partial charge < -0.3 is 20.7 Å². The van der Waals surface area contributed by atoms with E-state index in [4.69, 9.17) is 33.7 Å². The minimum absolute atomic E-state index is 0.0249. The first-order chi connectivity index (χ1) is 17.6. The predicted octanol–water partition coefficient (Wildman–Crippen LogP) is 4.79. The van der Waals surface area contributed by atoms with Gasteiger partial charge in [0, 0.05) is 48.1 Å². The van der Waals surface area contributed by atoms with E-state index in [1.165, 1.54) is 12.1 Å². The smallest absolute Gasteiger partial charge is 0.247 e. The lowest BCUT2D eigenvalue weighted by Crippen LogP contribution is -2.46. The highest BCUT2D eigenvalue weighted by atomic mass is 35.5. The third-order valence-electron chi connectivity index (χ3n) is 6.28. The molecule has 0 unspecified atom stereocenters. The number of halogens is 3. The predicted molar refractivity (Wildman–Crippen MR) is 146 cm³/mol. The zero-order chi connectivity index (χ0) is 27.2. The number of hydrogen-bond acceptors (Lipinski definition) is 6. The van der Waals surface area contributed by atoms with Crippen molar-refractivity contribution in [1.82, 2.24) is 25.0 Å². The second-order valence-electron chi connectivity index (χ2n) is 9.04. The first-order valence-electron chi connectivity index (χ1n) is 12.1. The molecule has 11 heteroatoms. The number of ether oxygens (including phenoxy) is 1. The normalized spacial score (nSPS) is 11.7. The number of pyridine rings is 1. The molecule has 0 spiro atoms. The van der Waals surface area contributed by atoms with E-state index in [9.17, 15) is 9.18 Å². The van der Waals surface area contributed by atoms with Gasteiger partial charge in [-0.1, -0.05) is 37.0 Å². The molecule has 0 bridgehead atoms. The van der Waals surface area contributed by atoms with E-state index in [0.29, 0.717) is 22.9 Å². The molecule has 0 fully saturated rings. The fraction of sp³-hybridized carbons (Fsp3) is 0.423. The summed E-state index contributed by atoms with van der Waals surface area (Å²) in [6.07, 6.45) is 5.34. The second-order valence-corrected chi connectivity index (χ2v) is 9.83. The van der Waals surface area contributed by atoms with Gasteiger partial charge in [0.1, 0.15) is 11.4 Å². The maximum atomic E-state index is 13.8. The number of nitrogens with two attached hydrogens (primary N) is 1. The number of anilines is 1. The van der Waals surface area contributed by atoms with Crippen molar-refractivity contribution in [2.75, 3.05) is 38.5 Å². The number of nitrogens with zero attached hydrogens (tertiary/aromatic N) is 4. The molecular formula is C26H33Cl2FN6O2. The third kappa shape index (κ3) is 6.91. The first kappa shape index (κ1) is 28.7. The Morgan fingerprint density at radius 3 is 2.65 bits per heavy atom. The van der Waals surface area contributed by atoms with Crippen LogP contribution in [0, 0.1) is 5.82 Å². The highest BCUT2D eigenvalue weighted by Crippen LogP contribution is 2.30. The number of aromatic nitrogens is 3. The molecule has 8 nitrogen and oxygen atoms in total. The fourth-order valence-electron chi connectivity index (χ4n) is 3.76. The van der Waals surface area contributed by atoms with Crippen LogP contribution >= 0.6 is 23.2 Å². The average Bonchev–Trinajstić information content (AvgIpc) is 3.38. The lowest BCUT2D eigenvalue weighted by atomic mass is 10.0. The number of amides is 1. The molecule has 1 amide bonds. The van der Waals surface area contributed by atoms with Crippen LogP contribution in [0.5, 0.6) is 5.75 Å². The molecule has 0 aliphatic carbocycles. The maximum Gasteiger partial charge on any atom is 0.247 e. The summed E-state index contributed by atoms with van der Waals surface area (Å²) in [5.41, 5.74) is 7.04. The Hall–Kier alpha value is -2.88. The SMILES string of the molecule is CCN(CC)CCNC(=O)C(C)(C)n1cc(-c2cnc(N)c(OCCc3c(Cl)ccc(F)c3Cl)c2)cn1. The molecule has 0 radical (unpaired) electrons. The van der Waals surface area contributed by atoms with Crippen molar-refractivity contribution < 1.29 is 13.9 Å². The quantitative estimate of drug-likeness (QED) is 0.314. The van der Waals surface area contributed by atoms with Crippen molar-refractivity contribution in [3.8, 4) is 16.9 Å². The van der Waals surface area contributed by atoms with Crippen LogP contribution in [0.1, 0.15) is 33.3 Å². The minimum Gasteiger partial charge on any atom is -0.489 e. The number of benzene rings is 1. The van der Waals surface area contributed by atoms with Crippen molar-refractivity contribution in [2.24, 2.45) is 0 Å². The van der Waals surface area contributed by atoms with Gasteiger partial charge in [0.05, 0.1) is 17.8 Å². The number of carbonyl (C=O) groups is 1. The molecule has 0 aliphatic heterocycles. The van der Waals surface area contributed by atoms with Crippen LogP contribution in [0.15, 0.2) is 36.8 Å². The second kappa shape index (κ2) is 12.6. The number of nitrogen functional groups attached to an aromatic ring is 1. The van der Waals surface area contributed by atoms with Gasteiger partial charge in [-0.05, 0) is 50.7 Å². The number of hydrogen-bond donors (Lipinski definition) is 2. The Morgan fingerprint density at radius 1 is 1.22 bits per heavy atom. The summed E-state index contributed by atoms with van der Waals surface area (Å²) >= 11 is 12.2. The third-order valence-corrected chi connectivity index (χ3v) is 7.05. The minimum atomic E-state index is -0.897. The van der Waals surface area contributed by atoms with E-state index >= 15 is 0 Å². The highest BCUT2D eigenvalue weighted by Gasteiger charge is 2.30. The summed E-state index contributed by atoms with van der Waals surface area (Å²) in [7, 11) is 0. The Morgan fingerprint density at radius 2 is 1.95 bits per heavy atom. The van der Waals surface area contributed by atoms with Gasteiger partial charge in [0.15, 0.2) is 11.6 Å². The number of likely N-dealkylation sites (N-methyl/N-ethyl adjacent to an activating group) is 1. The van der Waals surface area contributed by atoms with Crippen molar-refractivity contribution in [2.45, 2.75) is 39.7 Å². The molecule has 2 aromatic heterocycles. The molecule has 3 N–H and O–H groups in total. The summed E-state index contributed by atoms with van der Waals surface area (Å²) in [6, 6.07) is 4.42. The number of rotatable bonds is 12. The number of nitrogens with one attached hydrogen (secondary N) is 1. The van der Waals surface area contributed by atoms with Gasteiger partial charge in [-0.2, -0.15) is 5.10 Å². The average molecular weight is 551 g/mol. The molecule has 1 aromatic carbocycles. The Balaban J connectivity index is 1.68. The van der Waals surface area contributed by atoms with E-state index in [1.807, 2.05) is 13.8 Å². The molecule has 0 atom stereocenters. The topological polar surface area (TPSA) is 98.3 Å². The van der Waals surface area contributed by atoms with Gasteiger partial charge in [0.2, 0.25) is 5.91 Å². The van der Waals surface area contributed by atoms with Gasteiger partial charge in [-0.15, -0.1) is 0 Å². The van der Waals surface area contributed by atoms with Crippen LogP contribution in [-0.4, -0.2) is 58.4 Å². The maximum absolute atomic E-state index is 13.8. The summed E-state index contributed by atoms with van der Waals surface area (Å²) in [4.78, 5) is 19.4. The molecule has 2 heterocycles. The van der Waals surface area contributed by atoms with Crippen LogP contribution in [0.2, 0.25) is 10.0 Å². The fourth-order valence-corrected chi connectivity index (χ4v) is 4.31. The van der Waals surface area contributed by atoms with E-state index in [-0.39, 0.29) is 29.8 Å². The van der Waals surface area contributed by atoms with Crippen LogP contribution in [0.4, 0.5) is 10.2 Å². The summed E-state index contributed by atoms with van der Waals surface area (Å²) in [5.74, 6) is -0.0898. The van der Waals surface area contributed by atoms with Gasteiger partial charge in [-0.25, -0.2) is 9.37 Å². The van der Waals surface area contributed by atoms with Crippen LogP contribution in [0.3, 0.4) is 0 Å². The Labute approximate surface area is 226 Å². The van der Waals surface area contributed by atoms with E-state index in [2.05, 4.69) is 34.1 Å². The molecule has 37 heavy (non-hydrogen) atoms. The van der Waals surface area contributed by atoms with Crippen LogP contribution < -0.4 is 15.8 Å². The summed E-state index contributed by atoms with van der Waals surface area (Å²) in [5, 5.41) is 7.76. The van der Waals surface area contributed by atoms with Gasteiger partial charge in [-0.3, -0.25) is 9.48 Å². The van der Waals surface area contributed by atoms with Gasteiger partial charge >= 0.3 is 0 Å². The lowest BCUT2D eigenvalue weighted by molar-refractivity contribution is -0.128. The molecule has 3 rings (SSSR count). The molecule has 200 valence electrons. The van der Waals surface area contributed by atoms with Crippen LogP contribution in [0.25, 0.3) is 11.1 Å². The lowest BCUT2D eigenvalue weighted by Gasteiger charge is -2.25. The Bertz CT molecular complexity index is 1230. The Kier molecular flexibility index (Phi) is 9.75. The molecule has 0 saturated heterocycles. The van der Waals surface area contributed by atoms with E-state index < -0.39 is 11.4 Å². The summed E-state index contributed by atoms with van der Waals surface area (Å²) in [6.45, 7) is 11.2. The molecular weight excluding hydrogens is 518 g/mol. The van der Waals surface area contributed by atoms with Crippen molar-refractivity contribution in [3.63, 3.8) is 0 Å². The van der Waals surface area contributed by atoms with Crippen molar-refractivity contribution in [1.29, 1.82) is 0 Å². The monoisotopic (exact) mass is 550 g/mol. The van der Waals surface area contributed by atoms with Crippen molar-refractivity contribution >= 4 is 34.9 Å². The standard InChI is InChI=1S/C26H33Cl2FN6O2/c1-5-34(6-2)11-10-31-25(36)26(3,4)35-16-18(15-33-35)17-13-22(24(30)32-14-17)37-12-9-19-20(27)7-8-21(29)23(19)28/h7-8,13-16H,5-6,9-12H2,1-4H3,(H2,30,32)(H,31,36). The highest BCUT2D eigenvalue weighted by molar-refractivity contribution is 6.36. The van der Waals surface area contributed by atoms with E-state index in [0.717, 1.165) is 30.8 Å². The number of carbonyl (C=O) groups excluding carboxylic acids is 1. The summed E-state index contributed by atoms with van der Waals surface area (Å²) < 4.78 is 21.2. The largest absolute Gasteiger partial charge is 0.489 e. The molecule has 3 aromatic rings. The zero-order valence-electron chi connectivity index (χ0n) is 21.5.